The average molecular weight is 239 g/mol. The van der Waals surface area contributed by atoms with Crippen LogP contribution in [0.2, 0.25) is 0 Å². The minimum Gasteiger partial charge on any atom is -0.267 e. The number of hydrazone groups is 1. The number of pyridine rings is 1. The largest absolute Gasteiger partial charge is 0.271 e. The number of aryl methyl sites for hydroxylation is 1. The van der Waals surface area contributed by atoms with E-state index in [1.165, 1.54) is 0 Å². The monoisotopic (exact) mass is 239 g/mol. The van der Waals surface area contributed by atoms with E-state index < -0.39 is 0 Å². The maximum Gasteiger partial charge on any atom is 0.271 e. The fourth-order valence-corrected chi connectivity index (χ4v) is 1.46. The summed E-state index contributed by atoms with van der Waals surface area (Å²) in [5.74, 6) is -0.243. The van der Waals surface area contributed by atoms with Crippen molar-refractivity contribution in [3.63, 3.8) is 0 Å². The maximum absolute atomic E-state index is 11.7. The average Bonchev–Trinajstić information content (AvgIpc) is 2.40. The summed E-state index contributed by atoms with van der Waals surface area (Å²) in [6.45, 7) is 1.84. The molecule has 1 aromatic carbocycles. The molecule has 0 saturated heterocycles. The normalized spacial score (nSPS) is 10.5. The van der Waals surface area contributed by atoms with Gasteiger partial charge in [-0.05, 0) is 24.6 Å². The number of carbonyl (C=O) groups is 1. The number of nitrogens with one attached hydrogen (secondary N) is 1. The van der Waals surface area contributed by atoms with Crippen molar-refractivity contribution in [2.24, 2.45) is 5.10 Å². The lowest BCUT2D eigenvalue weighted by Gasteiger charge is -2.00. The van der Waals surface area contributed by atoms with Gasteiger partial charge in [-0.3, -0.25) is 9.78 Å². The van der Waals surface area contributed by atoms with Crippen LogP contribution in [0.15, 0.2) is 53.8 Å². The first-order valence-electron chi connectivity index (χ1n) is 5.57. The zero-order valence-electron chi connectivity index (χ0n) is 10.00. The molecule has 0 atom stereocenters. The van der Waals surface area contributed by atoms with Crippen molar-refractivity contribution in [3.05, 3.63) is 65.5 Å². The highest BCUT2D eigenvalue weighted by atomic mass is 16.2. The Morgan fingerprint density at radius 2 is 2.06 bits per heavy atom. The molecule has 0 bridgehead atoms. The van der Waals surface area contributed by atoms with Gasteiger partial charge >= 0.3 is 0 Å². The Labute approximate surface area is 105 Å². The Bertz CT molecular complexity index is 564. The van der Waals surface area contributed by atoms with Crippen LogP contribution in [0.25, 0.3) is 0 Å². The van der Waals surface area contributed by atoms with Gasteiger partial charge in [0.2, 0.25) is 0 Å². The topological polar surface area (TPSA) is 54.4 Å². The second kappa shape index (κ2) is 5.72. The van der Waals surface area contributed by atoms with Gasteiger partial charge in [-0.2, -0.15) is 5.10 Å². The zero-order valence-corrected chi connectivity index (χ0v) is 10.00. The molecule has 0 spiro atoms. The van der Waals surface area contributed by atoms with Crippen LogP contribution < -0.4 is 5.43 Å². The van der Waals surface area contributed by atoms with Gasteiger partial charge < -0.3 is 0 Å². The molecule has 1 amide bonds. The molecule has 0 fully saturated rings. The van der Waals surface area contributed by atoms with Crippen LogP contribution in [0, 0.1) is 6.92 Å². The molecule has 0 saturated carbocycles. The molecule has 18 heavy (non-hydrogen) atoms. The van der Waals surface area contributed by atoms with E-state index in [1.54, 1.807) is 24.5 Å². The van der Waals surface area contributed by atoms with E-state index in [0.717, 1.165) is 11.3 Å². The predicted molar refractivity (Wildman–Crippen MR) is 70.5 cm³/mol. The quantitative estimate of drug-likeness (QED) is 0.659. The maximum atomic E-state index is 11.7. The third kappa shape index (κ3) is 3.25. The fourth-order valence-electron chi connectivity index (χ4n) is 1.46. The van der Waals surface area contributed by atoms with Crippen LogP contribution in [0.5, 0.6) is 0 Å². The molecule has 4 heteroatoms. The van der Waals surface area contributed by atoms with E-state index in [9.17, 15) is 4.79 Å². The van der Waals surface area contributed by atoms with Crippen molar-refractivity contribution in [1.29, 1.82) is 0 Å². The van der Waals surface area contributed by atoms with Crippen molar-refractivity contribution in [3.8, 4) is 0 Å². The Balaban J connectivity index is 1.99. The van der Waals surface area contributed by atoms with Crippen LogP contribution in [-0.2, 0) is 0 Å². The number of rotatable bonds is 3. The molecule has 2 aromatic rings. The lowest BCUT2D eigenvalue weighted by Crippen LogP contribution is -2.17. The van der Waals surface area contributed by atoms with Crippen LogP contribution in [0.3, 0.4) is 0 Å². The molecule has 0 radical (unpaired) electrons. The molecule has 0 aliphatic heterocycles. The molecular weight excluding hydrogens is 226 g/mol. The summed E-state index contributed by atoms with van der Waals surface area (Å²) in [4.78, 5) is 15.8. The molecule has 0 aliphatic carbocycles. The van der Waals surface area contributed by atoms with Crippen molar-refractivity contribution in [2.75, 3.05) is 0 Å². The highest BCUT2D eigenvalue weighted by Gasteiger charge is 2.03. The Morgan fingerprint density at radius 1 is 1.28 bits per heavy atom. The second-order valence-corrected chi connectivity index (χ2v) is 3.80. The number of nitrogens with zero attached hydrogens (tertiary/aromatic N) is 2. The second-order valence-electron chi connectivity index (χ2n) is 3.80. The van der Waals surface area contributed by atoms with Crippen LogP contribution in [-0.4, -0.2) is 17.1 Å². The van der Waals surface area contributed by atoms with Crippen molar-refractivity contribution < 1.29 is 4.79 Å². The standard InChI is InChI=1S/C14H13N3O/c1-11-9-13(7-8-15-11)14(18)17-16-10-12-5-3-2-4-6-12/h2-10H,1H3,(H,17,18)/b16-10+. The number of amides is 1. The SMILES string of the molecule is Cc1cc(C(=O)N/N=C/c2ccccc2)ccn1. The van der Waals surface area contributed by atoms with Gasteiger partial charge in [0.1, 0.15) is 0 Å². The van der Waals surface area contributed by atoms with Gasteiger partial charge in [-0.25, -0.2) is 5.43 Å². The summed E-state index contributed by atoms with van der Waals surface area (Å²) in [6.07, 6.45) is 3.21. The van der Waals surface area contributed by atoms with Crippen molar-refractivity contribution in [1.82, 2.24) is 10.4 Å². The van der Waals surface area contributed by atoms with E-state index in [1.807, 2.05) is 37.3 Å². The van der Waals surface area contributed by atoms with Gasteiger partial charge in [-0.15, -0.1) is 0 Å². The molecule has 4 nitrogen and oxygen atoms in total. The van der Waals surface area contributed by atoms with E-state index in [0.29, 0.717) is 5.56 Å². The van der Waals surface area contributed by atoms with E-state index in [-0.39, 0.29) is 5.91 Å². The van der Waals surface area contributed by atoms with Crippen LogP contribution in [0.4, 0.5) is 0 Å². The van der Waals surface area contributed by atoms with Gasteiger partial charge in [0.15, 0.2) is 0 Å². The van der Waals surface area contributed by atoms with Gasteiger partial charge in [-0.1, -0.05) is 30.3 Å². The highest BCUT2D eigenvalue weighted by Crippen LogP contribution is 2.00. The first kappa shape index (κ1) is 12.0. The molecular formula is C14H13N3O. The smallest absolute Gasteiger partial charge is 0.267 e. The number of benzene rings is 1. The fraction of sp³-hybridized carbons (Fsp3) is 0.0714. The van der Waals surface area contributed by atoms with Crippen LogP contribution in [0.1, 0.15) is 21.6 Å². The molecule has 0 unspecified atom stereocenters. The summed E-state index contributed by atoms with van der Waals surface area (Å²) in [7, 11) is 0. The molecule has 1 aromatic heterocycles. The molecule has 90 valence electrons. The zero-order chi connectivity index (χ0) is 12.8. The lowest BCUT2D eigenvalue weighted by atomic mass is 10.2. The number of carbonyl (C=O) groups excluding carboxylic acids is 1. The minimum absolute atomic E-state index is 0.243. The minimum atomic E-state index is -0.243. The van der Waals surface area contributed by atoms with E-state index in [4.69, 9.17) is 0 Å². The van der Waals surface area contributed by atoms with Crippen LogP contribution >= 0.6 is 0 Å². The van der Waals surface area contributed by atoms with E-state index >= 15 is 0 Å². The molecule has 0 aliphatic rings. The van der Waals surface area contributed by atoms with Crippen molar-refractivity contribution in [2.45, 2.75) is 6.92 Å². The predicted octanol–water partition coefficient (Wildman–Crippen LogP) is 2.15. The summed E-state index contributed by atoms with van der Waals surface area (Å²) < 4.78 is 0. The molecule has 1 N–H and O–H groups in total. The number of hydrogen-bond donors (Lipinski definition) is 1. The van der Waals surface area contributed by atoms with Gasteiger partial charge in [0, 0.05) is 17.5 Å². The third-order valence-electron chi connectivity index (χ3n) is 2.34. The summed E-state index contributed by atoms with van der Waals surface area (Å²) in [5.41, 5.74) is 4.76. The highest BCUT2D eigenvalue weighted by molar-refractivity contribution is 5.94. The summed E-state index contributed by atoms with van der Waals surface area (Å²) in [6, 6.07) is 12.9. The third-order valence-corrected chi connectivity index (χ3v) is 2.34. The lowest BCUT2D eigenvalue weighted by molar-refractivity contribution is 0.0955. The number of hydrogen-bond acceptors (Lipinski definition) is 3. The first-order valence-corrected chi connectivity index (χ1v) is 5.57. The van der Waals surface area contributed by atoms with E-state index in [2.05, 4.69) is 15.5 Å². The molecule has 2 rings (SSSR count). The van der Waals surface area contributed by atoms with Gasteiger partial charge in [0.25, 0.3) is 5.91 Å². The Morgan fingerprint density at radius 3 is 2.78 bits per heavy atom. The Hall–Kier alpha value is -2.49. The van der Waals surface area contributed by atoms with Gasteiger partial charge in [0.05, 0.1) is 6.21 Å². The Kier molecular flexibility index (Phi) is 3.81. The summed E-state index contributed by atoms with van der Waals surface area (Å²) in [5, 5.41) is 3.90. The first-order chi connectivity index (χ1) is 8.75. The van der Waals surface area contributed by atoms with Crippen molar-refractivity contribution >= 4 is 12.1 Å². The summed E-state index contributed by atoms with van der Waals surface area (Å²) >= 11 is 0. The molecule has 1 heterocycles. The number of aromatic nitrogens is 1.